The summed E-state index contributed by atoms with van der Waals surface area (Å²) >= 11 is 0. The first kappa shape index (κ1) is 18.1. The maximum Gasteiger partial charge on any atom is 0.186 e. The van der Waals surface area contributed by atoms with E-state index in [0.29, 0.717) is 5.75 Å². The number of fused-ring (bicyclic) bond motifs is 1. The molecule has 0 radical (unpaired) electrons. The van der Waals surface area contributed by atoms with Crippen molar-refractivity contribution in [2.45, 2.75) is 37.0 Å². The summed E-state index contributed by atoms with van der Waals surface area (Å²) < 4.78 is 26.8. The molecule has 2 aliphatic heterocycles. The summed E-state index contributed by atoms with van der Waals surface area (Å²) in [4.78, 5) is 0. The second kappa shape index (κ2) is 7.69. The minimum atomic E-state index is -1.20. The minimum Gasteiger partial charge on any atom is -0.504 e. The van der Waals surface area contributed by atoms with Gasteiger partial charge in [0.2, 0.25) is 0 Å². The van der Waals surface area contributed by atoms with Gasteiger partial charge in [-0.25, -0.2) is 0 Å². The Balaban J connectivity index is 1.66. The lowest BCUT2D eigenvalue weighted by Crippen LogP contribution is -2.62. The Morgan fingerprint density at radius 1 is 1.16 bits per heavy atom. The molecule has 138 valence electrons. The van der Waals surface area contributed by atoms with Crippen molar-refractivity contribution in [2.75, 3.05) is 20.8 Å². The van der Waals surface area contributed by atoms with Crippen molar-refractivity contribution in [1.82, 2.24) is 0 Å². The molecule has 3 rings (SSSR count). The van der Waals surface area contributed by atoms with Gasteiger partial charge in [0.05, 0.1) is 13.7 Å². The SMILES string of the molecule is COc1cc(C=CC2OC[C@H]3OC(OC)[C@H](O)[C@@H](O)[C@@H]3O2)ccc1O. The molecule has 0 aliphatic carbocycles. The van der Waals surface area contributed by atoms with Gasteiger partial charge in [0.15, 0.2) is 24.1 Å². The number of ether oxygens (including phenoxy) is 5. The molecule has 2 saturated heterocycles. The molecule has 2 fully saturated rings. The summed E-state index contributed by atoms with van der Waals surface area (Å²) in [5.41, 5.74) is 0.781. The van der Waals surface area contributed by atoms with E-state index in [2.05, 4.69) is 0 Å². The van der Waals surface area contributed by atoms with E-state index in [4.69, 9.17) is 23.7 Å². The van der Waals surface area contributed by atoms with Crippen LogP contribution in [0.15, 0.2) is 24.3 Å². The molecule has 2 heterocycles. The van der Waals surface area contributed by atoms with Crippen molar-refractivity contribution in [2.24, 2.45) is 0 Å². The summed E-state index contributed by atoms with van der Waals surface area (Å²) in [6.45, 7) is 0.197. The van der Waals surface area contributed by atoms with Gasteiger partial charge >= 0.3 is 0 Å². The number of aromatic hydroxyl groups is 1. The number of aliphatic hydroxyl groups is 2. The highest BCUT2D eigenvalue weighted by atomic mass is 16.7. The number of phenolic OH excluding ortho intramolecular Hbond substituents is 1. The van der Waals surface area contributed by atoms with Gasteiger partial charge in [-0.1, -0.05) is 12.1 Å². The third-order valence-electron chi connectivity index (χ3n) is 4.24. The van der Waals surface area contributed by atoms with Crippen LogP contribution in [0, 0.1) is 0 Å². The van der Waals surface area contributed by atoms with E-state index >= 15 is 0 Å². The Morgan fingerprint density at radius 2 is 1.96 bits per heavy atom. The van der Waals surface area contributed by atoms with Crippen LogP contribution >= 0.6 is 0 Å². The van der Waals surface area contributed by atoms with Crippen molar-refractivity contribution in [3.8, 4) is 11.5 Å². The zero-order valence-electron chi connectivity index (χ0n) is 13.9. The summed E-state index contributed by atoms with van der Waals surface area (Å²) in [5.74, 6) is 0.411. The zero-order chi connectivity index (χ0) is 18.0. The van der Waals surface area contributed by atoms with Crippen LogP contribution in [-0.4, -0.2) is 73.1 Å². The minimum absolute atomic E-state index is 0.0526. The lowest BCUT2D eigenvalue weighted by Gasteiger charge is -2.45. The van der Waals surface area contributed by atoms with Crippen LogP contribution in [0.4, 0.5) is 0 Å². The van der Waals surface area contributed by atoms with Crippen molar-refractivity contribution < 1.29 is 39.0 Å². The standard InChI is InChI=1S/C17H22O8/c1-21-11-7-9(3-5-10(11)18)4-6-13-23-8-12-16(25-13)14(19)15(20)17(22-2)24-12/h3-7,12-20H,8H2,1-2H3/t12-,13?,14-,15-,16-,17?/m1/s1. The van der Waals surface area contributed by atoms with Gasteiger partial charge in [0.25, 0.3) is 0 Å². The second-order valence-corrected chi connectivity index (χ2v) is 5.85. The van der Waals surface area contributed by atoms with Crippen molar-refractivity contribution in [3.05, 3.63) is 29.8 Å². The van der Waals surface area contributed by atoms with E-state index in [0.717, 1.165) is 5.56 Å². The smallest absolute Gasteiger partial charge is 0.186 e. The molecule has 1 aromatic carbocycles. The lowest BCUT2D eigenvalue weighted by atomic mass is 9.98. The molecular weight excluding hydrogens is 332 g/mol. The summed E-state index contributed by atoms with van der Waals surface area (Å²) in [6.07, 6.45) is -1.79. The molecule has 0 spiro atoms. The molecule has 0 aromatic heterocycles. The normalized spacial score (nSPS) is 35.5. The van der Waals surface area contributed by atoms with Crippen LogP contribution in [0.25, 0.3) is 6.08 Å². The van der Waals surface area contributed by atoms with Crippen LogP contribution < -0.4 is 4.74 Å². The van der Waals surface area contributed by atoms with Crippen LogP contribution in [0.5, 0.6) is 11.5 Å². The van der Waals surface area contributed by atoms with Gasteiger partial charge in [0.1, 0.15) is 24.4 Å². The predicted molar refractivity (Wildman–Crippen MR) is 86.0 cm³/mol. The highest BCUT2D eigenvalue weighted by molar-refractivity contribution is 5.55. The fourth-order valence-corrected chi connectivity index (χ4v) is 2.88. The number of benzene rings is 1. The first-order valence-electron chi connectivity index (χ1n) is 7.90. The molecule has 0 saturated carbocycles. The van der Waals surface area contributed by atoms with Gasteiger partial charge in [-0.3, -0.25) is 0 Å². The lowest BCUT2D eigenvalue weighted by molar-refractivity contribution is -0.347. The van der Waals surface area contributed by atoms with Crippen molar-refractivity contribution >= 4 is 6.08 Å². The molecule has 2 unspecified atom stereocenters. The predicted octanol–water partition coefficient (Wildman–Crippen LogP) is 0.249. The summed E-state index contributed by atoms with van der Waals surface area (Å²) in [7, 11) is 2.86. The fourth-order valence-electron chi connectivity index (χ4n) is 2.88. The van der Waals surface area contributed by atoms with E-state index in [1.54, 1.807) is 24.3 Å². The van der Waals surface area contributed by atoms with Crippen molar-refractivity contribution in [1.29, 1.82) is 0 Å². The average molecular weight is 354 g/mol. The zero-order valence-corrected chi connectivity index (χ0v) is 13.9. The molecule has 8 nitrogen and oxygen atoms in total. The molecule has 1 aromatic rings. The number of hydrogen-bond acceptors (Lipinski definition) is 8. The van der Waals surface area contributed by atoms with Gasteiger partial charge < -0.3 is 39.0 Å². The molecule has 0 amide bonds. The molecule has 0 bridgehead atoms. The van der Waals surface area contributed by atoms with Crippen LogP contribution in [0.2, 0.25) is 0 Å². The average Bonchev–Trinajstić information content (AvgIpc) is 2.64. The maximum atomic E-state index is 10.2. The van der Waals surface area contributed by atoms with Crippen LogP contribution in [0.3, 0.4) is 0 Å². The third-order valence-corrected chi connectivity index (χ3v) is 4.24. The van der Waals surface area contributed by atoms with E-state index in [1.807, 2.05) is 0 Å². The second-order valence-electron chi connectivity index (χ2n) is 5.85. The Kier molecular flexibility index (Phi) is 5.57. The van der Waals surface area contributed by atoms with Gasteiger partial charge in [-0.15, -0.1) is 0 Å². The van der Waals surface area contributed by atoms with E-state index in [-0.39, 0.29) is 12.4 Å². The third kappa shape index (κ3) is 3.79. The van der Waals surface area contributed by atoms with Crippen molar-refractivity contribution in [3.63, 3.8) is 0 Å². The Hall–Kier alpha value is -1.68. The largest absolute Gasteiger partial charge is 0.504 e. The number of aliphatic hydroxyl groups excluding tert-OH is 2. The molecule has 6 atom stereocenters. The molecule has 2 aliphatic rings. The van der Waals surface area contributed by atoms with Gasteiger partial charge in [0, 0.05) is 7.11 Å². The number of methoxy groups -OCH3 is 2. The van der Waals surface area contributed by atoms with E-state index < -0.39 is 37.0 Å². The summed E-state index contributed by atoms with van der Waals surface area (Å²) in [6, 6.07) is 4.91. The molecule has 25 heavy (non-hydrogen) atoms. The van der Waals surface area contributed by atoms with Crippen LogP contribution in [-0.2, 0) is 18.9 Å². The molecule has 3 N–H and O–H groups in total. The quantitative estimate of drug-likeness (QED) is 0.706. The highest BCUT2D eigenvalue weighted by Crippen LogP contribution is 2.30. The Bertz CT molecular complexity index is 617. The topological polar surface area (TPSA) is 107 Å². The monoisotopic (exact) mass is 354 g/mol. The maximum absolute atomic E-state index is 10.2. The van der Waals surface area contributed by atoms with Crippen LogP contribution in [0.1, 0.15) is 5.56 Å². The highest BCUT2D eigenvalue weighted by Gasteiger charge is 2.48. The number of hydrogen-bond donors (Lipinski definition) is 3. The van der Waals surface area contributed by atoms with Gasteiger partial charge in [-0.05, 0) is 23.8 Å². The van der Waals surface area contributed by atoms with Gasteiger partial charge in [-0.2, -0.15) is 0 Å². The Labute approximate surface area is 145 Å². The first-order chi connectivity index (χ1) is 12.0. The summed E-state index contributed by atoms with van der Waals surface area (Å²) in [5, 5.41) is 29.8. The molecule has 8 heteroatoms. The van der Waals surface area contributed by atoms with E-state index in [1.165, 1.54) is 20.3 Å². The van der Waals surface area contributed by atoms with E-state index in [9.17, 15) is 15.3 Å². The Morgan fingerprint density at radius 3 is 2.68 bits per heavy atom. The number of rotatable bonds is 4. The molecular formula is C17H22O8. The first-order valence-corrected chi connectivity index (χ1v) is 7.90. The fraction of sp³-hybridized carbons (Fsp3) is 0.529. The number of phenols is 1.